The maximum atomic E-state index is 12.5. The molecule has 3 nitrogen and oxygen atoms in total. The molecule has 1 fully saturated rings. The first-order chi connectivity index (χ1) is 7.91. The molecular formula is C11H20F3NO2. The van der Waals surface area contributed by atoms with E-state index in [-0.39, 0.29) is 26.0 Å². The van der Waals surface area contributed by atoms with Gasteiger partial charge in [0.25, 0.3) is 0 Å². The molecule has 1 aliphatic carbocycles. The average molecular weight is 255 g/mol. The van der Waals surface area contributed by atoms with E-state index in [0.29, 0.717) is 6.61 Å². The number of nitrogens with one attached hydrogen (secondary N) is 1. The molecule has 0 aromatic rings. The van der Waals surface area contributed by atoms with Crippen molar-refractivity contribution in [2.24, 2.45) is 0 Å². The second-order valence-corrected chi connectivity index (χ2v) is 4.54. The van der Waals surface area contributed by atoms with E-state index in [9.17, 15) is 18.3 Å². The van der Waals surface area contributed by atoms with Crippen LogP contribution < -0.4 is 5.32 Å². The number of alkyl halides is 3. The summed E-state index contributed by atoms with van der Waals surface area (Å²) in [5.74, 6) is 0. The van der Waals surface area contributed by atoms with Crippen molar-refractivity contribution in [1.82, 2.24) is 5.32 Å². The third-order valence-electron chi connectivity index (χ3n) is 2.92. The van der Waals surface area contributed by atoms with Crippen LogP contribution in [0.25, 0.3) is 0 Å². The molecule has 0 aromatic heterocycles. The molecule has 2 N–H and O–H groups in total. The van der Waals surface area contributed by atoms with Gasteiger partial charge in [-0.25, -0.2) is 0 Å². The molecule has 102 valence electrons. The van der Waals surface area contributed by atoms with Crippen molar-refractivity contribution in [2.75, 3.05) is 19.8 Å². The fourth-order valence-electron chi connectivity index (χ4n) is 1.52. The highest BCUT2D eigenvalue weighted by Crippen LogP contribution is 2.48. The number of β-amino-alcohol motifs (C(OH)–C–C–N with tert-alkyl or cyclic N) is 1. The van der Waals surface area contributed by atoms with Crippen LogP contribution in [0.15, 0.2) is 0 Å². The minimum atomic E-state index is -4.23. The van der Waals surface area contributed by atoms with Gasteiger partial charge in [0.05, 0.1) is 12.7 Å². The van der Waals surface area contributed by atoms with Crippen LogP contribution >= 0.6 is 0 Å². The van der Waals surface area contributed by atoms with E-state index in [1.165, 1.54) is 0 Å². The molecule has 0 aromatic carbocycles. The number of halogens is 3. The number of unbranched alkanes of at least 4 members (excludes halogenated alkanes) is 1. The molecule has 1 aliphatic rings. The summed E-state index contributed by atoms with van der Waals surface area (Å²) in [6.07, 6.45) is -3.03. The van der Waals surface area contributed by atoms with Crippen LogP contribution in [-0.4, -0.2) is 42.7 Å². The molecule has 1 atom stereocenters. The van der Waals surface area contributed by atoms with Gasteiger partial charge in [0.2, 0.25) is 0 Å². The summed E-state index contributed by atoms with van der Waals surface area (Å²) >= 11 is 0. The van der Waals surface area contributed by atoms with Gasteiger partial charge in [0.15, 0.2) is 0 Å². The Hall–Kier alpha value is -0.330. The molecule has 0 amide bonds. The topological polar surface area (TPSA) is 41.5 Å². The van der Waals surface area contributed by atoms with Crippen LogP contribution in [0.3, 0.4) is 0 Å². The number of rotatable bonds is 8. The molecule has 1 rings (SSSR count). The first kappa shape index (κ1) is 14.7. The van der Waals surface area contributed by atoms with E-state index in [4.69, 9.17) is 4.74 Å². The van der Waals surface area contributed by atoms with Crippen LogP contribution in [0.5, 0.6) is 0 Å². The molecule has 0 saturated heterocycles. The smallest absolute Gasteiger partial charge is 0.389 e. The molecule has 6 heteroatoms. The third kappa shape index (κ3) is 4.44. The second-order valence-electron chi connectivity index (χ2n) is 4.54. The highest BCUT2D eigenvalue weighted by atomic mass is 19.4. The zero-order chi connectivity index (χ0) is 12.9. The Morgan fingerprint density at radius 2 is 2.06 bits per heavy atom. The normalized spacial score (nSPS) is 20.3. The summed E-state index contributed by atoms with van der Waals surface area (Å²) in [6.45, 7) is 2.56. The van der Waals surface area contributed by atoms with Gasteiger partial charge in [-0.15, -0.1) is 0 Å². The predicted molar refractivity (Wildman–Crippen MR) is 57.8 cm³/mol. The van der Waals surface area contributed by atoms with Gasteiger partial charge >= 0.3 is 6.18 Å². The van der Waals surface area contributed by atoms with E-state index in [0.717, 1.165) is 12.8 Å². The monoisotopic (exact) mass is 255 g/mol. The van der Waals surface area contributed by atoms with Gasteiger partial charge in [-0.1, -0.05) is 13.3 Å². The van der Waals surface area contributed by atoms with Gasteiger partial charge < -0.3 is 15.2 Å². The lowest BCUT2D eigenvalue weighted by Crippen LogP contribution is -2.48. The lowest BCUT2D eigenvalue weighted by molar-refractivity contribution is -0.167. The van der Waals surface area contributed by atoms with Crippen LogP contribution in [0.4, 0.5) is 13.2 Å². The van der Waals surface area contributed by atoms with Crippen LogP contribution in [0.1, 0.15) is 32.6 Å². The van der Waals surface area contributed by atoms with Crippen molar-refractivity contribution in [2.45, 2.75) is 50.4 Å². The Morgan fingerprint density at radius 1 is 1.41 bits per heavy atom. The average Bonchev–Trinajstić information content (AvgIpc) is 3.02. The van der Waals surface area contributed by atoms with Crippen molar-refractivity contribution in [3.05, 3.63) is 0 Å². The van der Waals surface area contributed by atoms with Gasteiger partial charge in [-0.05, 0) is 19.3 Å². The Bertz CT molecular complexity index is 229. The number of hydrogen-bond acceptors (Lipinski definition) is 3. The summed E-state index contributed by atoms with van der Waals surface area (Å²) in [7, 11) is 0. The molecule has 0 spiro atoms. The first-order valence-electron chi connectivity index (χ1n) is 5.99. The number of aliphatic hydroxyl groups excluding tert-OH is 1. The van der Waals surface area contributed by atoms with Gasteiger partial charge in [-0.3, -0.25) is 0 Å². The minimum absolute atomic E-state index is 0.0777. The number of hydrogen-bond donors (Lipinski definition) is 2. The lowest BCUT2D eigenvalue weighted by atomic mass is 10.2. The van der Waals surface area contributed by atoms with Crippen LogP contribution in [-0.2, 0) is 4.74 Å². The van der Waals surface area contributed by atoms with Crippen molar-refractivity contribution in [3.8, 4) is 0 Å². The Kier molecular flexibility index (Phi) is 5.22. The van der Waals surface area contributed by atoms with Gasteiger partial charge in [0, 0.05) is 13.2 Å². The highest BCUT2D eigenvalue weighted by molar-refractivity contribution is 5.08. The molecular weight excluding hydrogens is 235 g/mol. The lowest BCUT2D eigenvalue weighted by Gasteiger charge is -2.22. The molecule has 1 saturated carbocycles. The standard InChI is InChI=1S/C11H20F3NO2/c1-2-3-6-17-8-9(16)7-15-10(4-5-10)11(12,13)14/h9,15-16H,2-8H2,1H3. The quantitative estimate of drug-likeness (QED) is 0.650. The molecule has 0 radical (unpaired) electrons. The zero-order valence-corrected chi connectivity index (χ0v) is 10.0. The molecule has 0 aliphatic heterocycles. The predicted octanol–water partition coefficient (Wildman–Crippen LogP) is 1.85. The summed E-state index contributed by atoms with van der Waals surface area (Å²) in [6, 6.07) is 0. The summed E-state index contributed by atoms with van der Waals surface area (Å²) in [4.78, 5) is 0. The maximum Gasteiger partial charge on any atom is 0.406 e. The third-order valence-corrected chi connectivity index (χ3v) is 2.92. The van der Waals surface area contributed by atoms with Gasteiger partial charge in [0.1, 0.15) is 5.54 Å². The second kappa shape index (κ2) is 6.02. The van der Waals surface area contributed by atoms with E-state index in [1.807, 2.05) is 6.92 Å². The fourth-order valence-corrected chi connectivity index (χ4v) is 1.52. The largest absolute Gasteiger partial charge is 0.406 e. The van der Waals surface area contributed by atoms with Gasteiger partial charge in [-0.2, -0.15) is 13.2 Å². The molecule has 0 heterocycles. The van der Waals surface area contributed by atoms with Crippen molar-refractivity contribution < 1.29 is 23.0 Å². The van der Waals surface area contributed by atoms with Crippen molar-refractivity contribution >= 4 is 0 Å². The first-order valence-corrected chi connectivity index (χ1v) is 5.99. The minimum Gasteiger partial charge on any atom is -0.389 e. The number of aliphatic hydroxyl groups is 1. The summed E-state index contributed by atoms with van der Waals surface area (Å²) in [5, 5.41) is 11.8. The number of ether oxygens (including phenoxy) is 1. The molecule has 0 bridgehead atoms. The fraction of sp³-hybridized carbons (Fsp3) is 1.00. The summed E-state index contributed by atoms with van der Waals surface area (Å²) < 4.78 is 42.7. The van der Waals surface area contributed by atoms with E-state index in [1.54, 1.807) is 0 Å². The summed E-state index contributed by atoms with van der Waals surface area (Å²) in [5.41, 5.74) is -1.75. The Labute approximate surface area is 99.3 Å². The molecule has 17 heavy (non-hydrogen) atoms. The Morgan fingerprint density at radius 3 is 2.53 bits per heavy atom. The van der Waals surface area contributed by atoms with Crippen molar-refractivity contribution in [3.63, 3.8) is 0 Å². The van der Waals surface area contributed by atoms with Crippen LogP contribution in [0, 0.1) is 0 Å². The van der Waals surface area contributed by atoms with E-state index >= 15 is 0 Å². The van der Waals surface area contributed by atoms with E-state index < -0.39 is 17.8 Å². The molecule has 1 unspecified atom stereocenters. The van der Waals surface area contributed by atoms with E-state index in [2.05, 4.69) is 5.32 Å². The zero-order valence-electron chi connectivity index (χ0n) is 10.0. The SMILES string of the molecule is CCCCOCC(O)CNC1(C(F)(F)F)CC1. The maximum absolute atomic E-state index is 12.5. The van der Waals surface area contributed by atoms with Crippen molar-refractivity contribution in [1.29, 1.82) is 0 Å². The highest BCUT2D eigenvalue weighted by Gasteiger charge is 2.63. The van der Waals surface area contributed by atoms with Crippen LogP contribution in [0.2, 0.25) is 0 Å². The Balaban J connectivity index is 2.14.